The smallest absolute Gasteiger partial charge is 0.207 e. The van der Waals surface area contributed by atoms with Gasteiger partial charge in [0.25, 0.3) is 0 Å². The summed E-state index contributed by atoms with van der Waals surface area (Å²) in [5.74, 6) is 0. The predicted octanol–water partition coefficient (Wildman–Crippen LogP) is 3.29. The van der Waals surface area contributed by atoms with Gasteiger partial charge in [0.2, 0.25) is 10.0 Å². The van der Waals surface area contributed by atoms with Crippen molar-refractivity contribution in [2.45, 2.75) is 49.6 Å². The standard InChI is InChI=1S/C13H16BrNO2S/c14-11-6-7-13-10(8-11)9-15(18(13,16)17)12-4-2-1-3-5-12/h6-8,12H,1-5,9H2. The first kappa shape index (κ1) is 12.6. The number of hydrogen-bond donors (Lipinski definition) is 0. The molecule has 18 heavy (non-hydrogen) atoms. The van der Waals surface area contributed by atoms with Crippen molar-refractivity contribution < 1.29 is 8.42 Å². The van der Waals surface area contributed by atoms with Gasteiger partial charge in [0, 0.05) is 17.1 Å². The molecule has 1 heterocycles. The van der Waals surface area contributed by atoms with Crippen LogP contribution in [0.15, 0.2) is 27.6 Å². The molecule has 0 aromatic heterocycles. The van der Waals surface area contributed by atoms with Gasteiger partial charge in [-0.05, 0) is 36.6 Å². The lowest BCUT2D eigenvalue weighted by molar-refractivity contribution is 0.255. The van der Waals surface area contributed by atoms with Gasteiger partial charge in [0.15, 0.2) is 0 Å². The normalized spacial score (nSPS) is 24.1. The predicted molar refractivity (Wildman–Crippen MR) is 73.7 cm³/mol. The Bertz CT molecular complexity index is 564. The minimum absolute atomic E-state index is 0.204. The Labute approximate surface area is 116 Å². The van der Waals surface area contributed by atoms with Crippen LogP contribution in [-0.4, -0.2) is 18.8 Å². The minimum atomic E-state index is -3.25. The minimum Gasteiger partial charge on any atom is -0.207 e. The van der Waals surface area contributed by atoms with E-state index in [1.165, 1.54) is 6.42 Å². The van der Waals surface area contributed by atoms with Crippen molar-refractivity contribution in [3.63, 3.8) is 0 Å². The van der Waals surface area contributed by atoms with Gasteiger partial charge in [-0.2, -0.15) is 4.31 Å². The van der Waals surface area contributed by atoms with Gasteiger partial charge in [0.1, 0.15) is 0 Å². The largest absolute Gasteiger partial charge is 0.243 e. The van der Waals surface area contributed by atoms with E-state index in [1.807, 2.05) is 6.07 Å². The Kier molecular flexibility index (Phi) is 3.24. The molecule has 98 valence electrons. The van der Waals surface area contributed by atoms with Crippen molar-refractivity contribution in [2.75, 3.05) is 0 Å². The summed E-state index contributed by atoms with van der Waals surface area (Å²) in [4.78, 5) is 0.497. The third kappa shape index (κ3) is 2.02. The number of rotatable bonds is 1. The fourth-order valence-corrected chi connectivity index (χ4v) is 5.27. The first-order valence-corrected chi connectivity index (χ1v) is 8.62. The summed E-state index contributed by atoms with van der Waals surface area (Å²) in [6.45, 7) is 0.543. The molecule has 1 fully saturated rings. The van der Waals surface area contributed by atoms with Crippen LogP contribution >= 0.6 is 15.9 Å². The summed E-state index contributed by atoms with van der Waals surface area (Å²) in [6.07, 6.45) is 5.55. The summed E-state index contributed by atoms with van der Waals surface area (Å²) >= 11 is 3.41. The maximum Gasteiger partial charge on any atom is 0.243 e. The van der Waals surface area contributed by atoms with Crippen LogP contribution in [0.2, 0.25) is 0 Å². The topological polar surface area (TPSA) is 37.4 Å². The molecule has 1 aliphatic heterocycles. The second-order valence-electron chi connectivity index (χ2n) is 5.09. The molecule has 1 aliphatic carbocycles. The molecule has 0 bridgehead atoms. The van der Waals surface area contributed by atoms with Gasteiger partial charge in [-0.1, -0.05) is 35.2 Å². The first-order chi connectivity index (χ1) is 8.59. The van der Waals surface area contributed by atoms with E-state index in [9.17, 15) is 8.42 Å². The Morgan fingerprint density at radius 3 is 2.61 bits per heavy atom. The lowest BCUT2D eigenvalue weighted by Gasteiger charge is -2.29. The van der Waals surface area contributed by atoms with Crippen LogP contribution in [0.3, 0.4) is 0 Å². The van der Waals surface area contributed by atoms with Crippen molar-refractivity contribution in [3.8, 4) is 0 Å². The zero-order chi connectivity index (χ0) is 12.8. The third-order valence-corrected chi connectivity index (χ3v) is 6.41. The number of fused-ring (bicyclic) bond motifs is 1. The molecule has 0 spiro atoms. The van der Waals surface area contributed by atoms with Crippen molar-refractivity contribution in [1.29, 1.82) is 0 Å². The molecule has 1 aromatic rings. The molecular formula is C13H16BrNO2S. The molecule has 3 rings (SSSR count). The van der Waals surface area contributed by atoms with Crippen molar-refractivity contribution in [1.82, 2.24) is 4.31 Å². The van der Waals surface area contributed by atoms with Gasteiger partial charge in [-0.15, -0.1) is 0 Å². The van der Waals surface area contributed by atoms with E-state index in [2.05, 4.69) is 15.9 Å². The van der Waals surface area contributed by atoms with Gasteiger partial charge in [-0.3, -0.25) is 0 Å². The van der Waals surface area contributed by atoms with Crippen molar-refractivity contribution in [2.24, 2.45) is 0 Å². The molecule has 2 aliphatic rings. The van der Waals surface area contributed by atoms with Crippen LogP contribution in [0.25, 0.3) is 0 Å². The van der Waals surface area contributed by atoms with Gasteiger partial charge < -0.3 is 0 Å². The number of sulfonamides is 1. The zero-order valence-corrected chi connectivity index (χ0v) is 12.5. The van der Waals surface area contributed by atoms with E-state index in [-0.39, 0.29) is 6.04 Å². The van der Waals surface area contributed by atoms with Gasteiger partial charge in [0.05, 0.1) is 4.90 Å². The van der Waals surface area contributed by atoms with E-state index in [0.717, 1.165) is 35.7 Å². The van der Waals surface area contributed by atoms with Crippen LogP contribution in [0.5, 0.6) is 0 Å². The second-order valence-corrected chi connectivity index (χ2v) is 7.87. The zero-order valence-electron chi connectivity index (χ0n) is 10.1. The van der Waals surface area contributed by atoms with E-state index >= 15 is 0 Å². The maximum atomic E-state index is 12.5. The highest BCUT2D eigenvalue weighted by Gasteiger charge is 2.39. The molecule has 0 radical (unpaired) electrons. The molecule has 0 saturated heterocycles. The monoisotopic (exact) mass is 329 g/mol. The third-order valence-electron chi connectivity index (χ3n) is 3.92. The highest BCUT2D eigenvalue weighted by molar-refractivity contribution is 9.10. The van der Waals surface area contributed by atoms with E-state index in [1.54, 1.807) is 16.4 Å². The van der Waals surface area contributed by atoms with Crippen LogP contribution < -0.4 is 0 Å². The Balaban J connectivity index is 1.97. The maximum absolute atomic E-state index is 12.5. The molecule has 1 saturated carbocycles. The second kappa shape index (κ2) is 4.62. The summed E-state index contributed by atoms with van der Waals surface area (Å²) < 4.78 is 27.7. The Hall–Kier alpha value is -0.390. The van der Waals surface area contributed by atoms with Crippen LogP contribution in [0, 0.1) is 0 Å². The Morgan fingerprint density at radius 2 is 1.89 bits per heavy atom. The quantitative estimate of drug-likeness (QED) is 0.792. The fourth-order valence-electron chi connectivity index (χ4n) is 3.00. The lowest BCUT2D eigenvalue weighted by Crippen LogP contribution is -2.36. The first-order valence-electron chi connectivity index (χ1n) is 6.39. The molecule has 1 aromatic carbocycles. The molecule has 5 heteroatoms. The fraction of sp³-hybridized carbons (Fsp3) is 0.538. The summed E-state index contributed by atoms with van der Waals surface area (Å²) in [7, 11) is -3.25. The van der Waals surface area contributed by atoms with Crippen LogP contribution in [0.1, 0.15) is 37.7 Å². The van der Waals surface area contributed by atoms with Crippen LogP contribution in [0.4, 0.5) is 0 Å². The average molecular weight is 330 g/mol. The van der Waals surface area contributed by atoms with Crippen molar-refractivity contribution in [3.05, 3.63) is 28.2 Å². The van der Waals surface area contributed by atoms with Crippen LogP contribution in [-0.2, 0) is 16.6 Å². The molecule has 0 unspecified atom stereocenters. The Morgan fingerprint density at radius 1 is 1.17 bits per heavy atom. The highest BCUT2D eigenvalue weighted by Crippen LogP contribution is 2.37. The SMILES string of the molecule is O=S1(=O)c2ccc(Br)cc2CN1C1CCCCC1. The summed E-state index contributed by atoms with van der Waals surface area (Å²) in [5.41, 5.74) is 0.926. The number of nitrogens with zero attached hydrogens (tertiary/aromatic N) is 1. The van der Waals surface area contributed by atoms with E-state index < -0.39 is 10.0 Å². The molecule has 0 amide bonds. The number of halogens is 1. The van der Waals surface area contributed by atoms with E-state index in [0.29, 0.717) is 11.4 Å². The molecule has 3 nitrogen and oxygen atoms in total. The molecule has 0 N–H and O–H groups in total. The average Bonchev–Trinajstić information content (AvgIpc) is 2.61. The molecular weight excluding hydrogens is 314 g/mol. The highest BCUT2D eigenvalue weighted by atomic mass is 79.9. The van der Waals surface area contributed by atoms with Gasteiger partial charge >= 0.3 is 0 Å². The summed E-state index contributed by atoms with van der Waals surface area (Å²) in [6, 6.07) is 5.66. The van der Waals surface area contributed by atoms with Crippen molar-refractivity contribution >= 4 is 26.0 Å². The van der Waals surface area contributed by atoms with Gasteiger partial charge in [-0.25, -0.2) is 8.42 Å². The number of hydrogen-bond acceptors (Lipinski definition) is 2. The van der Waals surface area contributed by atoms with E-state index in [4.69, 9.17) is 0 Å². The summed E-state index contributed by atoms with van der Waals surface area (Å²) in [5, 5.41) is 0. The lowest BCUT2D eigenvalue weighted by atomic mass is 9.95. The molecule has 0 atom stereocenters. The number of benzene rings is 1.